The second-order valence-corrected chi connectivity index (χ2v) is 4.24. The van der Waals surface area contributed by atoms with Crippen molar-refractivity contribution in [3.63, 3.8) is 0 Å². The molecule has 1 aromatic rings. The van der Waals surface area contributed by atoms with Gasteiger partial charge in [-0.15, -0.1) is 0 Å². The van der Waals surface area contributed by atoms with E-state index >= 15 is 0 Å². The molecular formula is C12H12FN3O. The van der Waals surface area contributed by atoms with E-state index in [4.69, 9.17) is 11.0 Å². The number of anilines is 1. The largest absolute Gasteiger partial charge is 0.323 e. The Hall–Kier alpha value is -1.93. The van der Waals surface area contributed by atoms with Crippen LogP contribution >= 0.6 is 0 Å². The molecule has 5 heteroatoms. The maximum absolute atomic E-state index is 13.3. The van der Waals surface area contributed by atoms with Crippen LogP contribution in [-0.2, 0) is 4.79 Å². The highest BCUT2D eigenvalue weighted by Crippen LogP contribution is 2.30. The Bertz CT molecular complexity index is 503. The molecule has 0 aliphatic heterocycles. The third kappa shape index (κ3) is 1.99. The molecule has 0 bridgehead atoms. The minimum absolute atomic E-state index is 0.163. The smallest absolute Gasteiger partial charge is 0.244 e. The van der Waals surface area contributed by atoms with Crippen LogP contribution in [0.3, 0.4) is 0 Å². The minimum Gasteiger partial charge on any atom is -0.323 e. The SMILES string of the molecule is N#Cc1c(F)cccc1NC(=O)C1(N)CCC1. The van der Waals surface area contributed by atoms with E-state index in [0.29, 0.717) is 12.8 Å². The molecule has 0 aromatic heterocycles. The average molecular weight is 233 g/mol. The Balaban J connectivity index is 2.22. The first-order valence-corrected chi connectivity index (χ1v) is 5.36. The van der Waals surface area contributed by atoms with Crippen LogP contribution in [0, 0.1) is 17.1 Å². The lowest BCUT2D eigenvalue weighted by Gasteiger charge is -2.36. The minimum atomic E-state index is -0.862. The van der Waals surface area contributed by atoms with Crippen LogP contribution < -0.4 is 11.1 Å². The van der Waals surface area contributed by atoms with Gasteiger partial charge in [0.15, 0.2) is 0 Å². The van der Waals surface area contributed by atoms with Crippen LogP contribution in [0.25, 0.3) is 0 Å². The lowest BCUT2D eigenvalue weighted by Crippen LogP contribution is -2.56. The second-order valence-electron chi connectivity index (χ2n) is 4.24. The normalized spacial score (nSPS) is 16.8. The summed E-state index contributed by atoms with van der Waals surface area (Å²) in [4.78, 5) is 11.8. The third-order valence-electron chi connectivity index (χ3n) is 3.07. The number of hydrogen-bond donors (Lipinski definition) is 2. The fraction of sp³-hybridized carbons (Fsp3) is 0.333. The predicted molar refractivity (Wildman–Crippen MR) is 60.5 cm³/mol. The van der Waals surface area contributed by atoms with Crippen LogP contribution in [0.15, 0.2) is 18.2 Å². The van der Waals surface area contributed by atoms with Crippen LogP contribution in [0.2, 0.25) is 0 Å². The van der Waals surface area contributed by atoms with E-state index in [2.05, 4.69) is 5.32 Å². The summed E-state index contributed by atoms with van der Waals surface area (Å²) in [6.45, 7) is 0. The summed E-state index contributed by atoms with van der Waals surface area (Å²) in [6.07, 6.45) is 2.16. The number of benzene rings is 1. The fourth-order valence-corrected chi connectivity index (χ4v) is 1.77. The second kappa shape index (κ2) is 4.15. The maximum atomic E-state index is 13.3. The zero-order chi connectivity index (χ0) is 12.5. The van der Waals surface area contributed by atoms with Crippen molar-refractivity contribution in [2.45, 2.75) is 24.8 Å². The van der Waals surface area contributed by atoms with E-state index in [1.54, 1.807) is 6.07 Å². The van der Waals surface area contributed by atoms with Crippen molar-refractivity contribution in [3.8, 4) is 6.07 Å². The van der Waals surface area contributed by atoms with Crippen LogP contribution in [0.4, 0.5) is 10.1 Å². The number of nitrogens with one attached hydrogen (secondary N) is 1. The quantitative estimate of drug-likeness (QED) is 0.812. The summed E-state index contributed by atoms with van der Waals surface area (Å²) < 4.78 is 13.3. The van der Waals surface area contributed by atoms with Gasteiger partial charge < -0.3 is 11.1 Å². The summed E-state index contributed by atoms with van der Waals surface area (Å²) in [6, 6.07) is 5.83. The Labute approximate surface area is 98.2 Å². The molecule has 0 radical (unpaired) electrons. The molecule has 88 valence electrons. The number of carbonyl (C=O) groups is 1. The number of hydrogen-bond acceptors (Lipinski definition) is 3. The number of rotatable bonds is 2. The lowest BCUT2D eigenvalue weighted by atomic mass is 9.77. The molecule has 1 fully saturated rings. The summed E-state index contributed by atoms with van der Waals surface area (Å²) in [5, 5.41) is 11.3. The van der Waals surface area contributed by atoms with Crippen LogP contribution in [0.1, 0.15) is 24.8 Å². The molecule has 0 saturated heterocycles. The molecule has 0 unspecified atom stereocenters. The third-order valence-corrected chi connectivity index (χ3v) is 3.07. The first-order chi connectivity index (χ1) is 8.07. The van der Waals surface area contributed by atoms with Crippen molar-refractivity contribution in [2.24, 2.45) is 5.73 Å². The topological polar surface area (TPSA) is 78.9 Å². The van der Waals surface area contributed by atoms with Gasteiger partial charge in [-0.25, -0.2) is 4.39 Å². The molecule has 4 nitrogen and oxygen atoms in total. The number of nitrogens with two attached hydrogens (primary N) is 1. The summed E-state index contributed by atoms with van der Waals surface area (Å²) >= 11 is 0. The Morgan fingerprint density at radius 2 is 2.24 bits per heavy atom. The predicted octanol–water partition coefficient (Wildman–Crippen LogP) is 1.52. The molecule has 0 atom stereocenters. The summed E-state index contributed by atoms with van der Waals surface area (Å²) in [5.74, 6) is -1.00. The molecule has 1 aliphatic rings. The zero-order valence-corrected chi connectivity index (χ0v) is 9.16. The first-order valence-electron chi connectivity index (χ1n) is 5.36. The molecule has 17 heavy (non-hydrogen) atoms. The van der Waals surface area contributed by atoms with Gasteiger partial charge >= 0.3 is 0 Å². The molecule has 1 aromatic carbocycles. The van der Waals surface area contributed by atoms with Gasteiger partial charge in [0.05, 0.1) is 11.2 Å². The van der Waals surface area contributed by atoms with Gasteiger partial charge in [0.25, 0.3) is 0 Å². The number of halogens is 1. The van der Waals surface area contributed by atoms with Gasteiger partial charge in [-0.1, -0.05) is 6.07 Å². The fourth-order valence-electron chi connectivity index (χ4n) is 1.77. The van der Waals surface area contributed by atoms with Gasteiger partial charge in [0, 0.05) is 0 Å². The summed E-state index contributed by atoms with van der Waals surface area (Å²) in [5.41, 5.74) is 4.99. The molecule has 0 spiro atoms. The molecule has 1 aliphatic carbocycles. The van der Waals surface area contributed by atoms with Crippen LogP contribution in [0.5, 0.6) is 0 Å². The Morgan fingerprint density at radius 1 is 1.53 bits per heavy atom. The highest BCUT2D eigenvalue weighted by Gasteiger charge is 2.40. The van der Waals surface area contributed by atoms with Crippen molar-refractivity contribution in [1.82, 2.24) is 0 Å². The number of carbonyl (C=O) groups excluding carboxylic acids is 1. The monoisotopic (exact) mass is 233 g/mol. The number of amides is 1. The number of nitriles is 1. The summed E-state index contributed by atoms with van der Waals surface area (Å²) in [7, 11) is 0. The lowest BCUT2D eigenvalue weighted by molar-refractivity contribution is -0.123. The van der Waals surface area contributed by atoms with Gasteiger partial charge in [-0.2, -0.15) is 5.26 Å². The standard InChI is InChI=1S/C12H12FN3O/c13-9-3-1-4-10(8(9)7-14)16-11(17)12(15)5-2-6-12/h1,3-4H,2,5-6,15H2,(H,16,17). The van der Waals surface area contributed by atoms with E-state index in [1.165, 1.54) is 18.2 Å². The van der Waals surface area contributed by atoms with E-state index in [9.17, 15) is 9.18 Å². The van der Waals surface area contributed by atoms with Crippen molar-refractivity contribution >= 4 is 11.6 Å². The Kier molecular flexibility index (Phi) is 2.82. The van der Waals surface area contributed by atoms with Crippen molar-refractivity contribution in [2.75, 3.05) is 5.32 Å². The van der Waals surface area contributed by atoms with Gasteiger partial charge in [0.2, 0.25) is 5.91 Å². The zero-order valence-electron chi connectivity index (χ0n) is 9.16. The van der Waals surface area contributed by atoms with Gasteiger partial charge in [-0.05, 0) is 31.4 Å². The molecular weight excluding hydrogens is 221 g/mol. The van der Waals surface area contributed by atoms with E-state index in [-0.39, 0.29) is 17.2 Å². The van der Waals surface area contributed by atoms with Gasteiger partial charge in [0.1, 0.15) is 17.4 Å². The first kappa shape index (κ1) is 11.6. The van der Waals surface area contributed by atoms with E-state index in [0.717, 1.165) is 6.42 Å². The van der Waals surface area contributed by atoms with E-state index < -0.39 is 11.4 Å². The van der Waals surface area contributed by atoms with Crippen LogP contribution in [-0.4, -0.2) is 11.4 Å². The highest BCUT2D eigenvalue weighted by molar-refractivity contribution is 5.99. The average Bonchev–Trinajstić information content (AvgIpc) is 2.26. The highest BCUT2D eigenvalue weighted by atomic mass is 19.1. The molecule has 1 saturated carbocycles. The van der Waals surface area contributed by atoms with Crippen molar-refractivity contribution < 1.29 is 9.18 Å². The van der Waals surface area contributed by atoms with Crippen molar-refractivity contribution in [3.05, 3.63) is 29.6 Å². The van der Waals surface area contributed by atoms with Gasteiger partial charge in [-0.3, -0.25) is 4.79 Å². The molecule has 2 rings (SSSR count). The number of nitrogens with zero attached hydrogens (tertiary/aromatic N) is 1. The molecule has 3 N–H and O–H groups in total. The molecule has 1 amide bonds. The Morgan fingerprint density at radius 3 is 2.76 bits per heavy atom. The maximum Gasteiger partial charge on any atom is 0.244 e. The molecule has 0 heterocycles. The van der Waals surface area contributed by atoms with E-state index in [1.807, 2.05) is 0 Å². The van der Waals surface area contributed by atoms with Crippen molar-refractivity contribution in [1.29, 1.82) is 5.26 Å².